The minimum Gasteiger partial charge on any atom is -0.377 e. The lowest BCUT2D eigenvalue weighted by Gasteiger charge is -2.36. The number of ether oxygens (including phenoxy) is 1. The van der Waals surface area contributed by atoms with Crippen LogP contribution in [0.3, 0.4) is 0 Å². The van der Waals surface area contributed by atoms with E-state index in [0.29, 0.717) is 6.04 Å². The van der Waals surface area contributed by atoms with Crippen molar-refractivity contribution >= 4 is 32.5 Å². The normalized spacial score (nSPS) is 20.3. The molecule has 2 aromatic rings. The molecule has 1 aliphatic rings. The van der Waals surface area contributed by atoms with Crippen molar-refractivity contribution in [3.05, 3.63) is 36.5 Å². The smallest absolute Gasteiger partial charge is 0.136 e. The van der Waals surface area contributed by atoms with Crippen molar-refractivity contribution in [2.45, 2.75) is 6.04 Å². The number of pyridine rings is 1. The number of alkyl halides is 1. The van der Waals surface area contributed by atoms with Crippen molar-refractivity contribution in [2.75, 3.05) is 30.0 Å². The van der Waals surface area contributed by atoms with Crippen LogP contribution < -0.4 is 4.90 Å². The summed E-state index contributed by atoms with van der Waals surface area (Å²) >= 11 is 3.56. The third-order valence-corrected chi connectivity index (χ3v) is 4.08. The molecular formula is C14H15BrN2O. The number of morpholine rings is 1. The number of anilines is 1. The maximum atomic E-state index is 5.54. The summed E-state index contributed by atoms with van der Waals surface area (Å²) in [4.78, 5) is 6.93. The topological polar surface area (TPSA) is 25.4 Å². The van der Waals surface area contributed by atoms with Crippen LogP contribution in [0.5, 0.6) is 0 Å². The van der Waals surface area contributed by atoms with Crippen LogP contribution in [0.25, 0.3) is 10.8 Å². The van der Waals surface area contributed by atoms with Crippen molar-refractivity contribution in [1.82, 2.24) is 4.98 Å². The van der Waals surface area contributed by atoms with Gasteiger partial charge in [0.25, 0.3) is 0 Å². The van der Waals surface area contributed by atoms with Crippen LogP contribution in [0, 0.1) is 0 Å². The Morgan fingerprint density at radius 3 is 3.11 bits per heavy atom. The number of hydrogen-bond donors (Lipinski definition) is 0. The molecule has 1 aliphatic heterocycles. The Morgan fingerprint density at radius 2 is 2.22 bits per heavy atom. The second-order valence-corrected chi connectivity index (χ2v) is 5.08. The van der Waals surface area contributed by atoms with Crippen LogP contribution in [0.2, 0.25) is 0 Å². The molecule has 0 spiro atoms. The fourth-order valence-electron chi connectivity index (χ4n) is 2.39. The monoisotopic (exact) mass is 306 g/mol. The van der Waals surface area contributed by atoms with E-state index in [4.69, 9.17) is 4.74 Å². The Bertz CT molecular complexity index is 541. The van der Waals surface area contributed by atoms with Gasteiger partial charge in [0.05, 0.1) is 19.3 Å². The maximum Gasteiger partial charge on any atom is 0.136 e. The van der Waals surface area contributed by atoms with Gasteiger partial charge in [0, 0.05) is 23.5 Å². The highest BCUT2D eigenvalue weighted by atomic mass is 79.9. The molecule has 0 amide bonds. The van der Waals surface area contributed by atoms with E-state index in [-0.39, 0.29) is 0 Å². The Hall–Kier alpha value is -1.13. The Labute approximate surface area is 115 Å². The first-order chi connectivity index (χ1) is 8.90. The lowest BCUT2D eigenvalue weighted by Crippen LogP contribution is -2.47. The number of aromatic nitrogens is 1. The van der Waals surface area contributed by atoms with Crippen LogP contribution in [-0.4, -0.2) is 36.1 Å². The highest BCUT2D eigenvalue weighted by Gasteiger charge is 2.24. The Kier molecular flexibility index (Phi) is 3.48. The molecule has 4 heteroatoms. The summed E-state index contributed by atoms with van der Waals surface area (Å²) in [7, 11) is 0. The fourth-order valence-corrected chi connectivity index (χ4v) is 2.93. The molecule has 18 heavy (non-hydrogen) atoms. The zero-order chi connectivity index (χ0) is 12.4. The molecule has 1 unspecified atom stereocenters. The zero-order valence-corrected chi connectivity index (χ0v) is 11.6. The third kappa shape index (κ3) is 2.10. The SMILES string of the molecule is BrCC1COCCN1c1nccc2ccccc12. The third-order valence-electron chi connectivity index (χ3n) is 3.33. The summed E-state index contributed by atoms with van der Waals surface area (Å²) < 4.78 is 5.54. The van der Waals surface area contributed by atoms with Crippen molar-refractivity contribution in [3.63, 3.8) is 0 Å². The lowest BCUT2D eigenvalue weighted by atomic mass is 10.1. The fraction of sp³-hybridized carbons (Fsp3) is 0.357. The number of halogens is 1. The van der Waals surface area contributed by atoms with Crippen LogP contribution in [0.4, 0.5) is 5.82 Å². The van der Waals surface area contributed by atoms with Gasteiger partial charge < -0.3 is 9.64 Å². The summed E-state index contributed by atoms with van der Waals surface area (Å²) in [6, 6.07) is 10.8. The first kappa shape index (κ1) is 11.9. The Balaban J connectivity index is 2.07. The molecule has 1 aromatic heterocycles. The van der Waals surface area contributed by atoms with Gasteiger partial charge in [0.15, 0.2) is 0 Å². The minimum atomic E-state index is 0.358. The molecule has 0 aliphatic carbocycles. The van der Waals surface area contributed by atoms with Gasteiger partial charge in [-0.2, -0.15) is 0 Å². The van der Waals surface area contributed by atoms with Gasteiger partial charge in [0.2, 0.25) is 0 Å². The molecule has 0 N–H and O–H groups in total. The van der Waals surface area contributed by atoms with E-state index in [0.717, 1.165) is 30.9 Å². The second-order valence-electron chi connectivity index (χ2n) is 4.43. The minimum absolute atomic E-state index is 0.358. The summed E-state index contributed by atoms with van der Waals surface area (Å²) in [6.07, 6.45) is 1.89. The van der Waals surface area contributed by atoms with Crippen LogP contribution in [0.15, 0.2) is 36.5 Å². The standard InChI is InChI=1S/C14H15BrN2O/c15-9-12-10-18-8-7-17(12)14-13-4-2-1-3-11(13)5-6-16-14/h1-6,12H,7-10H2. The predicted octanol–water partition coefficient (Wildman–Crippen LogP) is 2.83. The molecule has 1 saturated heterocycles. The van der Waals surface area contributed by atoms with Crippen molar-refractivity contribution in [3.8, 4) is 0 Å². The van der Waals surface area contributed by atoms with E-state index in [9.17, 15) is 0 Å². The molecule has 0 radical (unpaired) electrons. The number of nitrogens with zero attached hydrogens (tertiary/aromatic N) is 2. The average molecular weight is 307 g/mol. The number of hydrogen-bond acceptors (Lipinski definition) is 3. The van der Waals surface area contributed by atoms with Crippen molar-refractivity contribution in [1.29, 1.82) is 0 Å². The van der Waals surface area contributed by atoms with E-state index in [1.807, 2.05) is 6.20 Å². The molecule has 3 rings (SSSR count). The molecule has 94 valence electrons. The summed E-state index contributed by atoms with van der Waals surface area (Å²) in [5, 5.41) is 3.35. The predicted molar refractivity (Wildman–Crippen MR) is 77.5 cm³/mol. The summed E-state index contributed by atoms with van der Waals surface area (Å²) in [6.45, 7) is 2.43. The molecular weight excluding hydrogens is 292 g/mol. The van der Waals surface area contributed by atoms with E-state index < -0.39 is 0 Å². The van der Waals surface area contributed by atoms with Gasteiger partial charge >= 0.3 is 0 Å². The molecule has 2 heterocycles. The van der Waals surface area contributed by atoms with Gasteiger partial charge in [-0.1, -0.05) is 40.2 Å². The quantitative estimate of drug-likeness (QED) is 0.798. The average Bonchev–Trinajstić information content (AvgIpc) is 2.46. The van der Waals surface area contributed by atoms with Gasteiger partial charge in [-0.05, 0) is 11.5 Å². The maximum absolute atomic E-state index is 5.54. The van der Waals surface area contributed by atoms with Crippen LogP contribution in [-0.2, 0) is 4.74 Å². The highest BCUT2D eigenvalue weighted by molar-refractivity contribution is 9.09. The first-order valence-electron chi connectivity index (χ1n) is 6.14. The van der Waals surface area contributed by atoms with E-state index in [1.165, 1.54) is 10.8 Å². The van der Waals surface area contributed by atoms with Crippen molar-refractivity contribution in [2.24, 2.45) is 0 Å². The van der Waals surface area contributed by atoms with Crippen molar-refractivity contribution < 1.29 is 4.74 Å². The van der Waals surface area contributed by atoms with E-state index in [2.05, 4.69) is 56.1 Å². The molecule has 1 atom stereocenters. The highest BCUT2D eigenvalue weighted by Crippen LogP contribution is 2.27. The number of fused-ring (bicyclic) bond motifs is 1. The number of benzene rings is 1. The lowest BCUT2D eigenvalue weighted by molar-refractivity contribution is 0.100. The van der Waals surface area contributed by atoms with Gasteiger partial charge in [-0.15, -0.1) is 0 Å². The van der Waals surface area contributed by atoms with Gasteiger partial charge in [0.1, 0.15) is 5.82 Å². The largest absolute Gasteiger partial charge is 0.377 e. The van der Waals surface area contributed by atoms with Crippen LogP contribution in [0.1, 0.15) is 0 Å². The zero-order valence-electron chi connectivity index (χ0n) is 10.1. The van der Waals surface area contributed by atoms with Crippen LogP contribution >= 0.6 is 15.9 Å². The number of rotatable bonds is 2. The van der Waals surface area contributed by atoms with Gasteiger partial charge in [-0.3, -0.25) is 0 Å². The molecule has 1 fully saturated rings. The van der Waals surface area contributed by atoms with Gasteiger partial charge in [-0.25, -0.2) is 4.98 Å². The van der Waals surface area contributed by atoms with E-state index >= 15 is 0 Å². The molecule has 1 aromatic carbocycles. The molecule has 0 bridgehead atoms. The first-order valence-corrected chi connectivity index (χ1v) is 7.26. The molecule has 3 nitrogen and oxygen atoms in total. The summed E-state index contributed by atoms with van der Waals surface area (Å²) in [5.74, 6) is 1.07. The summed E-state index contributed by atoms with van der Waals surface area (Å²) in [5.41, 5.74) is 0. The Morgan fingerprint density at radius 1 is 1.33 bits per heavy atom. The van der Waals surface area contributed by atoms with E-state index in [1.54, 1.807) is 0 Å². The second kappa shape index (κ2) is 5.24. The molecule has 0 saturated carbocycles.